The molecule has 0 saturated heterocycles. The average molecular weight is 137 g/mol. The van der Waals surface area contributed by atoms with Crippen LogP contribution in [-0.4, -0.2) is 15.0 Å². The van der Waals surface area contributed by atoms with Gasteiger partial charge in [-0.1, -0.05) is 0 Å². The van der Waals surface area contributed by atoms with Crippen molar-refractivity contribution in [2.45, 2.75) is 0 Å². The van der Waals surface area contributed by atoms with Crippen LogP contribution in [0.1, 0.15) is 0 Å². The van der Waals surface area contributed by atoms with Crippen LogP contribution >= 0.6 is 0 Å². The molecule has 0 spiro atoms. The number of aromatic nitrogens is 3. The number of anilines is 1. The van der Waals surface area contributed by atoms with Crippen LogP contribution < -0.4 is 5.73 Å². The van der Waals surface area contributed by atoms with E-state index >= 15 is 0 Å². The lowest BCUT2D eigenvalue weighted by Crippen LogP contribution is -1.93. The zero-order chi connectivity index (χ0) is 7.40. The molecule has 7 nitrogen and oxygen atoms in total. The Morgan fingerprint density at radius 2 is 2.40 bits per heavy atom. The molecule has 0 atom stereocenters. The van der Waals surface area contributed by atoms with Gasteiger partial charge in [0.15, 0.2) is 0 Å². The summed E-state index contributed by atoms with van der Waals surface area (Å²) < 4.78 is 0. The van der Waals surface area contributed by atoms with E-state index in [1.807, 2.05) is 0 Å². The molecule has 1 rings (SSSR count). The standard InChI is InChI=1S/C3H3N7/c4-2-6-1-7-3(8-2)9-10-5/h1H,(H2,4,6,7,8). The number of rotatable bonds is 1. The van der Waals surface area contributed by atoms with Crippen molar-refractivity contribution in [3.8, 4) is 0 Å². The van der Waals surface area contributed by atoms with E-state index in [0.717, 1.165) is 0 Å². The summed E-state index contributed by atoms with van der Waals surface area (Å²) >= 11 is 0. The van der Waals surface area contributed by atoms with Gasteiger partial charge in [0, 0.05) is 4.91 Å². The Kier molecular flexibility index (Phi) is 1.63. The first-order valence-electron chi connectivity index (χ1n) is 2.32. The highest BCUT2D eigenvalue weighted by Gasteiger charge is 1.90. The van der Waals surface area contributed by atoms with Crippen LogP contribution in [-0.2, 0) is 0 Å². The van der Waals surface area contributed by atoms with Gasteiger partial charge in [-0.05, 0) is 10.6 Å². The molecule has 7 heteroatoms. The SMILES string of the molecule is [N-]=[N+]=Nc1ncnc(N)n1. The van der Waals surface area contributed by atoms with Crippen molar-refractivity contribution < 1.29 is 0 Å². The second kappa shape index (κ2) is 2.60. The van der Waals surface area contributed by atoms with Crippen molar-refractivity contribution in [3.63, 3.8) is 0 Å². The number of hydrogen-bond donors (Lipinski definition) is 1. The molecule has 0 fully saturated rings. The van der Waals surface area contributed by atoms with Gasteiger partial charge in [-0.3, -0.25) is 0 Å². The Bertz CT molecular complexity index is 274. The van der Waals surface area contributed by atoms with Gasteiger partial charge in [-0.15, -0.1) is 0 Å². The number of nitrogens with two attached hydrogens (primary N) is 1. The highest BCUT2D eigenvalue weighted by atomic mass is 15.2. The van der Waals surface area contributed by atoms with Gasteiger partial charge in [-0.2, -0.15) is 4.98 Å². The largest absolute Gasteiger partial charge is 0.368 e. The molecule has 0 saturated carbocycles. The summed E-state index contributed by atoms with van der Waals surface area (Å²) in [6.07, 6.45) is 1.17. The van der Waals surface area contributed by atoms with E-state index in [-0.39, 0.29) is 11.9 Å². The van der Waals surface area contributed by atoms with Crippen LogP contribution in [0, 0.1) is 0 Å². The number of azide groups is 1. The molecule has 0 amide bonds. The summed E-state index contributed by atoms with van der Waals surface area (Å²) in [5.41, 5.74) is 13.1. The highest BCUT2D eigenvalue weighted by Crippen LogP contribution is 2.01. The Morgan fingerprint density at radius 3 is 3.00 bits per heavy atom. The molecule has 50 valence electrons. The lowest BCUT2D eigenvalue weighted by Gasteiger charge is -1.88. The third-order valence-corrected chi connectivity index (χ3v) is 0.712. The van der Waals surface area contributed by atoms with Crippen LogP contribution in [0.2, 0.25) is 0 Å². The topological polar surface area (TPSA) is 113 Å². The van der Waals surface area contributed by atoms with Gasteiger partial charge in [0.25, 0.3) is 0 Å². The zero-order valence-corrected chi connectivity index (χ0v) is 4.84. The minimum absolute atomic E-state index is 0.0185. The Balaban J connectivity index is 3.06. The first-order valence-corrected chi connectivity index (χ1v) is 2.32. The van der Waals surface area contributed by atoms with Crippen molar-refractivity contribution in [2.24, 2.45) is 5.11 Å². The van der Waals surface area contributed by atoms with Crippen molar-refractivity contribution in [2.75, 3.05) is 5.73 Å². The zero-order valence-electron chi connectivity index (χ0n) is 4.84. The second-order valence-electron chi connectivity index (χ2n) is 1.33. The van der Waals surface area contributed by atoms with E-state index in [1.54, 1.807) is 0 Å². The molecule has 0 aliphatic rings. The predicted octanol–water partition coefficient (Wildman–Crippen LogP) is 0.396. The summed E-state index contributed by atoms with van der Waals surface area (Å²) in [7, 11) is 0. The Labute approximate surface area is 55.6 Å². The van der Waals surface area contributed by atoms with Gasteiger partial charge in [0.2, 0.25) is 11.9 Å². The van der Waals surface area contributed by atoms with Crippen LogP contribution in [0.3, 0.4) is 0 Å². The monoisotopic (exact) mass is 137 g/mol. The molecule has 0 bridgehead atoms. The molecule has 1 aromatic rings. The number of nitrogen functional groups attached to an aromatic ring is 1. The fourth-order valence-electron chi connectivity index (χ4n) is 0.388. The molecule has 0 aliphatic carbocycles. The first-order chi connectivity index (χ1) is 4.83. The minimum Gasteiger partial charge on any atom is -0.368 e. The average Bonchev–Trinajstić information content (AvgIpc) is 1.88. The van der Waals surface area contributed by atoms with E-state index in [0.29, 0.717) is 0 Å². The van der Waals surface area contributed by atoms with Crippen molar-refractivity contribution in [1.29, 1.82) is 0 Å². The fraction of sp³-hybridized carbons (Fsp3) is 0. The lowest BCUT2D eigenvalue weighted by atomic mass is 10.9. The van der Waals surface area contributed by atoms with Gasteiger partial charge >= 0.3 is 0 Å². The maximum Gasteiger partial charge on any atom is 0.223 e. The summed E-state index contributed by atoms with van der Waals surface area (Å²) in [5, 5.41) is 3.11. The number of nitrogens with zero attached hydrogens (tertiary/aromatic N) is 6. The molecule has 2 N–H and O–H groups in total. The Hall–Kier alpha value is -1.88. The van der Waals surface area contributed by atoms with Crippen LogP contribution in [0.5, 0.6) is 0 Å². The third-order valence-electron chi connectivity index (χ3n) is 0.712. The van der Waals surface area contributed by atoms with Gasteiger partial charge < -0.3 is 5.73 Å². The molecule has 10 heavy (non-hydrogen) atoms. The third kappa shape index (κ3) is 1.30. The first kappa shape index (κ1) is 6.24. The predicted molar refractivity (Wildman–Crippen MR) is 33.0 cm³/mol. The van der Waals surface area contributed by atoms with Crippen LogP contribution in [0.4, 0.5) is 11.9 Å². The van der Waals surface area contributed by atoms with E-state index in [9.17, 15) is 0 Å². The van der Waals surface area contributed by atoms with Crippen molar-refractivity contribution in [1.82, 2.24) is 15.0 Å². The molecular weight excluding hydrogens is 134 g/mol. The van der Waals surface area contributed by atoms with Crippen molar-refractivity contribution in [3.05, 3.63) is 16.8 Å². The summed E-state index contributed by atoms with van der Waals surface area (Å²) in [5.74, 6) is 0.0207. The molecule has 1 aromatic heterocycles. The highest BCUT2D eigenvalue weighted by molar-refractivity contribution is 5.22. The molecule has 0 aliphatic heterocycles. The van der Waals surface area contributed by atoms with E-state index in [4.69, 9.17) is 11.3 Å². The van der Waals surface area contributed by atoms with E-state index in [1.165, 1.54) is 6.33 Å². The maximum atomic E-state index is 7.93. The van der Waals surface area contributed by atoms with Gasteiger partial charge in [0.05, 0.1) is 0 Å². The van der Waals surface area contributed by atoms with E-state index in [2.05, 4.69) is 25.0 Å². The quantitative estimate of drug-likeness (QED) is 0.342. The van der Waals surface area contributed by atoms with Crippen LogP contribution in [0.25, 0.3) is 10.4 Å². The summed E-state index contributed by atoms with van der Waals surface area (Å²) in [4.78, 5) is 13.0. The molecule has 0 radical (unpaired) electrons. The minimum atomic E-state index is -0.0185. The van der Waals surface area contributed by atoms with Crippen LogP contribution in [0.15, 0.2) is 11.4 Å². The molecule has 0 aromatic carbocycles. The van der Waals surface area contributed by atoms with Gasteiger partial charge in [-0.25, -0.2) is 9.97 Å². The van der Waals surface area contributed by atoms with Crippen molar-refractivity contribution >= 4 is 11.9 Å². The summed E-state index contributed by atoms with van der Waals surface area (Å²) in [6.45, 7) is 0. The Morgan fingerprint density at radius 1 is 1.60 bits per heavy atom. The molecular formula is C3H3N7. The molecule has 0 unspecified atom stereocenters. The summed E-state index contributed by atoms with van der Waals surface area (Å²) in [6, 6.07) is 0. The fourth-order valence-corrected chi connectivity index (χ4v) is 0.388. The smallest absolute Gasteiger partial charge is 0.223 e. The van der Waals surface area contributed by atoms with E-state index < -0.39 is 0 Å². The number of hydrogen-bond acceptors (Lipinski definition) is 5. The maximum absolute atomic E-state index is 7.93. The second-order valence-corrected chi connectivity index (χ2v) is 1.33. The lowest BCUT2D eigenvalue weighted by molar-refractivity contribution is 1.04. The normalized spacial score (nSPS) is 8.40. The molecule has 1 heterocycles. The van der Waals surface area contributed by atoms with Gasteiger partial charge in [0.1, 0.15) is 6.33 Å².